The van der Waals surface area contributed by atoms with Gasteiger partial charge in [-0.3, -0.25) is 12.2 Å². The summed E-state index contributed by atoms with van der Waals surface area (Å²) in [6.07, 6.45) is 39.8. The van der Waals surface area contributed by atoms with Crippen LogP contribution in [0.1, 0.15) is 142 Å². The van der Waals surface area contributed by atoms with E-state index in [9.17, 15) is 0 Å². The fraction of sp³-hybridized carbons (Fsp3) is 0.750. The summed E-state index contributed by atoms with van der Waals surface area (Å²) < 4.78 is 0. The first-order valence-electron chi connectivity index (χ1n) is 14.4. The molecule has 0 aromatic heterocycles. The molecule has 3 heteroatoms. The van der Waals surface area contributed by atoms with Crippen molar-refractivity contribution in [3.63, 3.8) is 0 Å². The van der Waals surface area contributed by atoms with Crippen LogP contribution in [0.3, 0.4) is 0 Å². The van der Waals surface area contributed by atoms with E-state index in [1.807, 2.05) is 0 Å². The number of allylic oxidation sites excluding steroid dienone is 8. The van der Waals surface area contributed by atoms with Gasteiger partial charge in [-0.15, -0.1) is 0 Å². The molecule has 0 saturated carbocycles. The van der Waals surface area contributed by atoms with Crippen LogP contribution in [-0.4, -0.2) is 0 Å². The Hall–Kier alpha value is 0.423. The largest absolute Gasteiger partial charge is 4.00 e. The van der Waals surface area contributed by atoms with Gasteiger partial charge in [0.1, 0.15) is 0 Å². The van der Waals surface area contributed by atoms with E-state index in [4.69, 9.17) is 0 Å². The van der Waals surface area contributed by atoms with Crippen LogP contribution in [0.4, 0.5) is 0 Å². The minimum Gasteiger partial charge on any atom is -1.00 e. The molecule has 0 amide bonds. The van der Waals surface area contributed by atoms with E-state index < -0.39 is 0 Å². The molecule has 0 bridgehead atoms. The zero-order chi connectivity index (χ0) is 22.4. The molecule has 4 aliphatic carbocycles. The van der Waals surface area contributed by atoms with Crippen molar-refractivity contribution in [3.05, 3.63) is 46.6 Å². The van der Waals surface area contributed by atoms with Gasteiger partial charge in [-0.25, -0.2) is 12.2 Å². The van der Waals surface area contributed by atoms with E-state index in [1.54, 1.807) is 22.3 Å². The number of hydrogen-bond acceptors (Lipinski definition) is 0. The molecule has 4 aliphatic rings. The third-order valence-electron chi connectivity index (χ3n) is 8.17. The number of rotatable bonds is 0. The van der Waals surface area contributed by atoms with E-state index >= 15 is 0 Å². The third-order valence-corrected chi connectivity index (χ3v) is 8.17. The van der Waals surface area contributed by atoms with Crippen molar-refractivity contribution in [3.8, 4) is 0 Å². The molecule has 196 valence electrons. The van der Waals surface area contributed by atoms with Gasteiger partial charge < -0.3 is 24.8 Å². The molecule has 0 radical (unpaired) electrons. The molecular weight excluding hydrogens is 546 g/mol. The van der Waals surface area contributed by atoms with Crippen molar-refractivity contribution in [1.29, 1.82) is 0 Å². The summed E-state index contributed by atoms with van der Waals surface area (Å²) in [7, 11) is 0. The van der Waals surface area contributed by atoms with Crippen LogP contribution in [0.2, 0.25) is 0 Å². The molecular formula is C32H50Cl2Zr. The van der Waals surface area contributed by atoms with Gasteiger partial charge in [0.2, 0.25) is 0 Å². The molecule has 0 spiro atoms. The van der Waals surface area contributed by atoms with E-state index in [-0.39, 0.29) is 51.0 Å². The monoisotopic (exact) mass is 594 g/mol. The maximum Gasteiger partial charge on any atom is 4.00 e. The van der Waals surface area contributed by atoms with Crippen LogP contribution in [0.25, 0.3) is 0 Å². The molecule has 4 rings (SSSR count). The summed E-state index contributed by atoms with van der Waals surface area (Å²) in [6, 6.07) is 0. The Morgan fingerprint density at radius 1 is 0.457 bits per heavy atom. The van der Waals surface area contributed by atoms with E-state index in [0.717, 1.165) is 0 Å². The normalized spacial score (nSPS) is 26.0. The van der Waals surface area contributed by atoms with Gasteiger partial charge >= 0.3 is 26.2 Å². The van der Waals surface area contributed by atoms with Crippen LogP contribution < -0.4 is 24.8 Å². The molecule has 0 N–H and O–H groups in total. The molecule has 2 unspecified atom stereocenters. The number of hydrogen-bond donors (Lipinski definition) is 0. The van der Waals surface area contributed by atoms with Crippen LogP contribution in [0.5, 0.6) is 0 Å². The summed E-state index contributed by atoms with van der Waals surface area (Å²) >= 11 is 0. The van der Waals surface area contributed by atoms with E-state index in [1.165, 1.54) is 128 Å². The Bertz CT molecular complexity index is 615. The van der Waals surface area contributed by atoms with Crippen molar-refractivity contribution >= 4 is 0 Å². The second-order valence-corrected chi connectivity index (χ2v) is 10.8. The minimum atomic E-state index is 0. The summed E-state index contributed by atoms with van der Waals surface area (Å²) in [4.78, 5) is 0. The molecule has 0 nitrogen and oxygen atoms in total. The van der Waals surface area contributed by atoms with Gasteiger partial charge in [0.05, 0.1) is 0 Å². The summed E-state index contributed by atoms with van der Waals surface area (Å²) in [5, 5.41) is 0. The molecule has 35 heavy (non-hydrogen) atoms. The Balaban J connectivity index is 0.000000608. The Morgan fingerprint density at radius 2 is 0.714 bits per heavy atom. The standard InChI is InChI=1S/2C16H25.2ClH.Zr/c2*1-14-12-13-15-10-8-6-4-2-3-5-7-9-11-16(14)15;;;/h2*13-14H,2-11H2,1H3;2*1H;/q2*-1;;;+4/p-2. The second kappa shape index (κ2) is 21.4. The molecule has 0 saturated heterocycles. The smallest absolute Gasteiger partial charge is 1.00 e. The topological polar surface area (TPSA) is 0 Å². The molecule has 2 atom stereocenters. The Kier molecular flexibility index (Phi) is 21.6. The summed E-state index contributed by atoms with van der Waals surface area (Å²) in [5.41, 5.74) is 6.68. The first kappa shape index (κ1) is 35.4. The maximum atomic E-state index is 3.49. The molecule has 0 aromatic rings. The third kappa shape index (κ3) is 13.2. The fourth-order valence-electron chi connectivity index (χ4n) is 6.00. The van der Waals surface area contributed by atoms with Crippen molar-refractivity contribution in [2.75, 3.05) is 0 Å². The van der Waals surface area contributed by atoms with Crippen LogP contribution in [0.15, 0.2) is 34.4 Å². The average molecular weight is 597 g/mol. The zero-order valence-electron chi connectivity index (χ0n) is 22.7. The van der Waals surface area contributed by atoms with Crippen LogP contribution in [0, 0.1) is 24.0 Å². The quantitative estimate of drug-likeness (QED) is 0.364. The van der Waals surface area contributed by atoms with Crippen molar-refractivity contribution in [2.24, 2.45) is 11.8 Å². The van der Waals surface area contributed by atoms with E-state index in [0.29, 0.717) is 11.8 Å². The Labute approximate surface area is 250 Å². The van der Waals surface area contributed by atoms with Crippen molar-refractivity contribution in [1.82, 2.24) is 0 Å². The van der Waals surface area contributed by atoms with Gasteiger partial charge in [-0.05, 0) is 12.8 Å². The second-order valence-electron chi connectivity index (χ2n) is 10.8. The first-order chi connectivity index (χ1) is 15.8. The predicted octanol–water partition coefficient (Wildman–Crippen LogP) is 4.42. The Morgan fingerprint density at radius 3 is 1.03 bits per heavy atom. The summed E-state index contributed by atoms with van der Waals surface area (Å²) in [6.45, 7) is 4.62. The molecule has 0 aliphatic heterocycles. The molecule has 0 heterocycles. The van der Waals surface area contributed by atoms with Gasteiger partial charge in [-0.2, -0.15) is 22.3 Å². The van der Waals surface area contributed by atoms with E-state index in [2.05, 4.69) is 38.2 Å². The van der Waals surface area contributed by atoms with Crippen LogP contribution >= 0.6 is 0 Å². The van der Waals surface area contributed by atoms with Gasteiger partial charge in [0.15, 0.2) is 0 Å². The van der Waals surface area contributed by atoms with Gasteiger partial charge in [0, 0.05) is 0 Å². The fourth-order valence-corrected chi connectivity index (χ4v) is 6.00. The zero-order valence-corrected chi connectivity index (χ0v) is 26.7. The van der Waals surface area contributed by atoms with Gasteiger partial charge in [0.25, 0.3) is 0 Å². The minimum absolute atomic E-state index is 0. The first-order valence-corrected chi connectivity index (χ1v) is 14.4. The predicted molar refractivity (Wildman–Crippen MR) is 140 cm³/mol. The average Bonchev–Trinajstić information content (AvgIpc) is 3.30. The molecule has 0 fully saturated rings. The van der Waals surface area contributed by atoms with Crippen molar-refractivity contribution < 1.29 is 51.0 Å². The molecule has 0 aromatic carbocycles. The van der Waals surface area contributed by atoms with Gasteiger partial charge in [-0.1, -0.05) is 141 Å². The number of halogens is 2. The van der Waals surface area contributed by atoms with Crippen molar-refractivity contribution in [2.45, 2.75) is 142 Å². The van der Waals surface area contributed by atoms with Crippen LogP contribution in [-0.2, 0) is 26.2 Å². The summed E-state index contributed by atoms with van der Waals surface area (Å²) in [5.74, 6) is 1.22. The maximum absolute atomic E-state index is 3.49. The SMILES string of the molecule is CC1[C-]=CC2=C1CCCCCCCCCC2.CC1[C-]=CC2=C1CCCCCCCCCC2.[Cl-].[Cl-].[Zr+4].